The molecular weight excluding hydrogens is 224 g/mol. The number of H-pyrrole nitrogens is 1. The first-order valence-electron chi connectivity index (χ1n) is 5.00. The molecule has 0 atom stereocenters. The van der Waals surface area contributed by atoms with Crippen molar-refractivity contribution in [2.24, 2.45) is 7.05 Å². The fourth-order valence-electron chi connectivity index (χ4n) is 1.48. The van der Waals surface area contributed by atoms with Gasteiger partial charge in [0.2, 0.25) is 0 Å². The monoisotopic (exact) mass is 236 g/mol. The molecule has 17 heavy (non-hydrogen) atoms. The van der Waals surface area contributed by atoms with Gasteiger partial charge in [-0.2, -0.15) is 5.10 Å². The molecule has 0 aromatic carbocycles. The van der Waals surface area contributed by atoms with Gasteiger partial charge in [-0.15, -0.1) is 0 Å². The Morgan fingerprint density at radius 2 is 2.24 bits per heavy atom. The van der Waals surface area contributed by atoms with Crippen LogP contribution in [0.15, 0.2) is 22.0 Å². The lowest BCUT2D eigenvalue weighted by Gasteiger charge is -2.06. The Morgan fingerprint density at radius 1 is 1.47 bits per heavy atom. The molecule has 0 aliphatic heterocycles. The van der Waals surface area contributed by atoms with Gasteiger partial charge in [0, 0.05) is 26.1 Å². The van der Waals surface area contributed by atoms with E-state index >= 15 is 0 Å². The summed E-state index contributed by atoms with van der Waals surface area (Å²) in [7, 11) is 1.76. The average molecular weight is 236 g/mol. The SMILES string of the molecule is Cn1cnc(CCn2c(N)cc(=O)[nH]c2=O)n1. The van der Waals surface area contributed by atoms with Gasteiger partial charge in [-0.25, -0.2) is 9.78 Å². The maximum atomic E-state index is 11.5. The highest BCUT2D eigenvalue weighted by Crippen LogP contribution is 1.97. The normalized spacial score (nSPS) is 10.6. The third-order valence-electron chi connectivity index (χ3n) is 2.27. The quantitative estimate of drug-likeness (QED) is 0.673. The number of hydrogen-bond acceptors (Lipinski definition) is 5. The molecule has 2 rings (SSSR count). The topological polar surface area (TPSA) is 112 Å². The second-order valence-corrected chi connectivity index (χ2v) is 3.60. The predicted molar refractivity (Wildman–Crippen MR) is 60.4 cm³/mol. The first-order chi connectivity index (χ1) is 8.06. The van der Waals surface area contributed by atoms with Gasteiger partial charge in [-0.1, -0.05) is 0 Å². The Hall–Kier alpha value is -2.38. The van der Waals surface area contributed by atoms with Crippen LogP contribution in [-0.2, 0) is 20.0 Å². The van der Waals surface area contributed by atoms with Crippen molar-refractivity contribution in [3.8, 4) is 0 Å². The van der Waals surface area contributed by atoms with Crippen LogP contribution in [0.25, 0.3) is 0 Å². The number of anilines is 1. The third-order valence-corrected chi connectivity index (χ3v) is 2.27. The van der Waals surface area contributed by atoms with Crippen molar-refractivity contribution in [3.63, 3.8) is 0 Å². The van der Waals surface area contributed by atoms with Gasteiger partial charge in [0.1, 0.15) is 12.1 Å². The van der Waals surface area contributed by atoms with Gasteiger partial charge in [0.25, 0.3) is 5.56 Å². The van der Waals surface area contributed by atoms with E-state index in [9.17, 15) is 9.59 Å². The molecule has 90 valence electrons. The number of aromatic amines is 1. The lowest BCUT2D eigenvalue weighted by Crippen LogP contribution is -2.32. The van der Waals surface area contributed by atoms with Gasteiger partial charge in [-0.05, 0) is 0 Å². The Kier molecular flexibility index (Phi) is 2.77. The van der Waals surface area contributed by atoms with Crippen LogP contribution < -0.4 is 17.0 Å². The highest BCUT2D eigenvalue weighted by atomic mass is 16.2. The molecule has 2 aromatic rings. The van der Waals surface area contributed by atoms with Crippen molar-refractivity contribution < 1.29 is 0 Å². The number of nitrogens with one attached hydrogen (secondary N) is 1. The molecule has 0 unspecified atom stereocenters. The van der Waals surface area contributed by atoms with E-state index < -0.39 is 11.2 Å². The molecule has 0 aliphatic carbocycles. The number of nitrogen functional groups attached to an aromatic ring is 1. The van der Waals surface area contributed by atoms with Crippen molar-refractivity contribution in [2.45, 2.75) is 13.0 Å². The van der Waals surface area contributed by atoms with E-state index in [0.29, 0.717) is 18.8 Å². The van der Waals surface area contributed by atoms with Crippen molar-refractivity contribution in [3.05, 3.63) is 39.1 Å². The lowest BCUT2D eigenvalue weighted by molar-refractivity contribution is 0.630. The molecule has 0 radical (unpaired) electrons. The summed E-state index contributed by atoms with van der Waals surface area (Å²) in [5.74, 6) is 0.750. The Labute approximate surface area is 95.7 Å². The minimum Gasteiger partial charge on any atom is -0.385 e. The van der Waals surface area contributed by atoms with E-state index in [1.54, 1.807) is 18.1 Å². The van der Waals surface area contributed by atoms with Crippen molar-refractivity contribution in [2.75, 3.05) is 5.73 Å². The van der Waals surface area contributed by atoms with Crippen LogP contribution in [0.3, 0.4) is 0 Å². The number of aryl methyl sites for hydroxylation is 2. The van der Waals surface area contributed by atoms with E-state index in [0.717, 1.165) is 0 Å². The summed E-state index contributed by atoms with van der Waals surface area (Å²) < 4.78 is 2.85. The highest BCUT2D eigenvalue weighted by molar-refractivity contribution is 5.26. The van der Waals surface area contributed by atoms with Crippen LogP contribution in [0.4, 0.5) is 5.82 Å². The molecule has 0 bridgehead atoms. The van der Waals surface area contributed by atoms with Gasteiger partial charge < -0.3 is 5.73 Å². The van der Waals surface area contributed by atoms with Crippen molar-refractivity contribution in [1.82, 2.24) is 24.3 Å². The van der Waals surface area contributed by atoms with Crippen LogP contribution >= 0.6 is 0 Å². The number of nitrogens with two attached hydrogens (primary N) is 1. The third kappa shape index (κ3) is 2.41. The van der Waals surface area contributed by atoms with E-state index in [1.807, 2.05) is 0 Å². The molecule has 0 fully saturated rings. The number of aromatic nitrogens is 5. The van der Waals surface area contributed by atoms with Crippen LogP contribution in [0.5, 0.6) is 0 Å². The Morgan fingerprint density at radius 3 is 2.82 bits per heavy atom. The van der Waals surface area contributed by atoms with E-state index in [4.69, 9.17) is 5.73 Å². The number of rotatable bonds is 3. The zero-order chi connectivity index (χ0) is 12.4. The van der Waals surface area contributed by atoms with E-state index in [1.165, 1.54) is 10.6 Å². The average Bonchev–Trinajstić information content (AvgIpc) is 2.62. The molecule has 0 amide bonds. The minimum atomic E-state index is -0.522. The first-order valence-corrected chi connectivity index (χ1v) is 5.00. The molecule has 8 heteroatoms. The molecule has 8 nitrogen and oxygen atoms in total. The maximum absolute atomic E-state index is 11.5. The van der Waals surface area contributed by atoms with Crippen LogP contribution in [0, 0.1) is 0 Å². The molecule has 2 aromatic heterocycles. The minimum absolute atomic E-state index is 0.134. The number of nitrogens with zero attached hydrogens (tertiary/aromatic N) is 4. The summed E-state index contributed by atoms with van der Waals surface area (Å²) >= 11 is 0. The first kappa shape index (κ1) is 11.1. The Balaban J connectivity index is 2.20. The molecule has 2 heterocycles. The van der Waals surface area contributed by atoms with Gasteiger partial charge in [-0.3, -0.25) is 19.0 Å². The summed E-state index contributed by atoms with van der Waals surface area (Å²) in [4.78, 5) is 28.6. The summed E-state index contributed by atoms with van der Waals surface area (Å²) in [5.41, 5.74) is 4.57. The Bertz CT molecular complexity index is 637. The van der Waals surface area contributed by atoms with Crippen molar-refractivity contribution >= 4 is 5.82 Å². The van der Waals surface area contributed by atoms with Crippen LogP contribution in [0.1, 0.15) is 5.82 Å². The summed E-state index contributed by atoms with van der Waals surface area (Å²) in [5, 5.41) is 4.08. The van der Waals surface area contributed by atoms with E-state index in [-0.39, 0.29) is 5.82 Å². The second kappa shape index (κ2) is 4.24. The molecule has 0 aliphatic rings. The van der Waals surface area contributed by atoms with Gasteiger partial charge in [0.15, 0.2) is 5.82 Å². The van der Waals surface area contributed by atoms with E-state index in [2.05, 4.69) is 15.1 Å². The predicted octanol–water partition coefficient (Wildman–Crippen LogP) is -1.51. The highest BCUT2D eigenvalue weighted by Gasteiger charge is 2.05. The second-order valence-electron chi connectivity index (χ2n) is 3.60. The molecule has 0 saturated carbocycles. The van der Waals surface area contributed by atoms with Crippen LogP contribution in [-0.4, -0.2) is 24.3 Å². The fraction of sp³-hybridized carbons (Fsp3) is 0.333. The fourth-order valence-corrected chi connectivity index (χ4v) is 1.48. The summed E-state index contributed by atoms with van der Waals surface area (Å²) in [6.07, 6.45) is 2.05. The summed E-state index contributed by atoms with van der Waals surface area (Å²) in [6.45, 7) is 0.325. The van der Waals surface area contributed by atoms with Crippen molar-refractivity contribution in [1.29, 1.82) is 0 Å². The zero-order valence-electron chi connectivity index (χ0n) is 9.25. The maximum Gasteiger partial charge on any atom is 0.329 e. The number of hydrogen-bond donors (Lipinski definition) is 2. The van der Waals surface area contributed by atoms with Gasteiger partial charge in [0.05, 0.1) is 0 Å². The standard InChI is InChI=1S/C9H12N6O2/c1-14-5-11-7(13-14)2-3-15-6(10)4-8(16)12-9(15)17/h4-5H,2-3,10H2,1H3,(H,12,16,17). The zero-order valence-corrected chi connectivity index (χ0v) is 9.25. The smallest absolute Gasteiger partial charge is 0.329 e. The van der Waals surface area contributed by atoms with Gasteiger partial charge >= 0.3 is 5.69 Å². The molecule has 3 N–H and O–H groups in total. The molecule has 0 saturated heterocycles. The molecule has 0 spiro atoms. The van der Waals surface area contributed by atoms with Crippen LogP contribution in [0.2, 0.25) is 0 Å². The molecular formula is C9H12N6O2. The largest absolute Gasteiger partial charge is 0.385 e. The lowest BCUT2D eigenvalue weighted by atomic mass is 10.4. The summed E-state index contributed by atoms with van der Waals surface area (Å²) in [6, 6.07) is 1.17.